The molecule has 0 radical (unpaired) electrons. The first-order valence-electron chi connectivity index (χ1n) is 10.5. The number of carboxylic acids is 1. The second kappa shape index (κ2) is 16.4. The van der Waals surface area contributed by atoms with Gasteiger partial charge < -0.3 is 21.1 Å². The summed E-state index contributed by atoms with van der Waals surface area (Å²) in [7, 11) is 0. The van der Waals surface area contributed by atoms with Crippen LogP contribution < -0.4 is 11.1 Å². The summed E-state index contributed by atoms with van der Waals surface area (Å²) in [4.78, 5) is 25.5. The standard InChI is InChI=1S/C20H40N4O3/c1-3-5-6-7-8-9-10-11-12-15-18(25)24(4-2)17(19(26)27)14-13-16-23-20(21)22/h17H,3-16H2,1-2H3,(H,26,27)(H4,21,22,23). The van der Waals surface area contributed by atoms with Gasteiger partial charge in [-0.3, -0.25) is 10.2 Å². The van der Waals surface area contributed by atoms with Crippen LogP contribution in [0.15, 0.2) is 0 Å². The molecule has 0 spiro atoms. The molecule has 0 aromatic carbocycles. The molecule has 158 valence electrons. The smallest absolute Gasteiger partial charge is 0.326 e. The van der Waals surface area contributed by atoms with E-state index in [-0.39, 0.29) is 11.9 Å². The zero-order valence-corrected chi connectivity index (χ0v) is 17.3. The molecule has 0 saturated heterocycles. The summed E-state index contributed by atoms with van der Waals surface area (Å²) < 4.78 is 0. The highest BCUT2D eigenvalue weighted by Gasteiger charge is 2.27. The normalized spacial score (nSPS) is 11.8. The van der Waals surface area contributed by atoms with E-state index in [0.29, 0.717) is 32.4 Å². The van der Waals surface area contributed by atoms with E-state index >= 15 is 0 Å². The van der Waals surface area contributed by atoms with Gasteiger partial charge in [0.2, 0.25) is 5.91 Å². The largest absolute Gasteiger partial charge is 0.480 e. The van der Waals surface area contributed by atoms with Gasteiger partial charge in [-0.2, -0.15) is 0 Å². The molecule has 0 fully saturated rings. The first kappa shape index (κ1) is 25.2. The maximum atomic E-state index is 12.5. The summed E-state index contributed by atoms with van der Waals surface area (Å²) in [6.07, 6.45) is 12.0. The van der Waals surface area contributed by atoms with Crippen molar-refractivity contribution in [3.63, 3.8) is 0 Å². The Kier molecular flexibility index (Phi) is 15.3. The molecular formula is C20H40N4O3. The molecule has 0 aromatic rings. The summed E-state index contributed by atoms with van der Waals surface area (Å²) in [5, 5.41) is 19.2. The maximum absolute atomic E-state index is 12.5. The summed E-state index contributed by atoms with van der Waals surface area (Å²) in [6.45, 7) is 4.86. The molecule has 0 bridgehead atoms. The topological polar surface area (TPSA) is 120 Å². The van der Waals surface area contributed by atoms with Gasteiger partial charge in [-0.25, -0.2) is 4.79 Å². The van der Waals surface area contributed by atoms with E-state index in [0.717, 1.165) is 19.3 Å². The Morgan fingerprint density at radius 1 is 1.00 bits per heavy atom. The second-order valence-corrected chi connectivity index (χ2v) is 7.09. The van der Waals surface area contributed by atoms with Gasteiger partial charge in [0.15, 0.2) is 5.96 Å². The Hall–Kier alpha value is -1.79. The van der Waals surface area contributed by atoms with Crippen LogP contribution in [0, 0.1) is 5.41 Å². The van der Waals surface area contributed by atoms with Crippen LogP contribution in [0.25, 0.3) is 0 Å². The average molecular weight is 385 g/mol. The minimum atomic E-state index is -0.972. The van der Waals surface area contributed by atoms with Crippen LogP contribution in [0.3, 0.4) is 0 Å². The lowest BCUT2D eigenvalue weighted by Gasteiger charge is -2.28. The number of guanidine groups is 1. The summed E-state index contributed by atoms with van der Waals surface area (Å²) in [5.74, 6) is -1.18. The van der Waals surface area contributed by atoms with E-state index in [4.69, 9.17) is 11.1 Å². The zero-order valence-electron chi connectivity index (χ0n) is 17.3. The fourth-order valence-corrected chi connectivity index (χ4v) is 3.23. The van der Waals surface area contributed by atoms with Crippen LogP contribution in [0.5, 0.6) is 0 Å². The van der Waals surface area contributed by atoms with Crippen LogP contribution in [-0.2, 0) is 9.59 Å². The Morgan fingerprint density at radius 2 is 1.56 bits per heavy atom. The number of carbonyl (C=O) groups is 2. The number of nitrogens with zero attached hydrogens (tertiary/aromatic N) is 1. The van der Waals surface area contributed by atoms with Gasteiger partial charge in [-0.15, -0.1) is 0 Å². The van der Waals surface area contributed by atoms with Crippen molar-refractivity contribution in [1.29, 1.82) is 5.41 Å². The SMILES string of the molecule is CCCCCCCCCCCC(=O)N(CC)C(CCCNC(=N)N)C(=O)O. The van der Waals surface area contributed by atoms with E-state index < -0.39 is 12.0 Å². The molecule has 0 aromatic heterocycles. The van der Waals surface area contributed by atoms with E-state index in [1.165, 1.54) is 43.4 Å². The lowest BCUT2D eigenvalue weighted by Crippen LogP contribution is -2.45. The summed E-state index contributed by atoms with van der Waals surface area (Å²) >= 11 is 0. The molecule has 0 saturated carbocycles. The molecule has 7 heteroatoms. The maximum Gasteiger partial charge on any atom is 0.326 e. The van der Waals surface area contributed by atoms with Crippen LogP contribution in [0.2, 0.25) is 0 Å². The highest BCUT2D eigenvalue weighted by atomic mass is 16.4. The molecule has 0 aliphatic rings. The van der Waals surface area contributed by atoms with E-state index in [1.807, 2.05) is 6.92 Å². The van der Waals surface area contributed by atoms with Crippen molar-refractivity contribution in [3.05, 3.63) is 0 Å². The zero-order chi connectivity index (χ0) is 20.5. The Labute approximate surface area is 164 Å². The van der Waals surface area contributed by atoms with Gasteiger partial charge in [0.05, 0.1) is 0 Å². The average Bonchev–Trinajstić information content (AvgIpc) is 2.62. The molecule has 0 aliphatic heterocycles. The van der Waals surface area contributed by atoms with E-state index in [9.17, 15) is 14.7 Å². The molecule has 0 aliphatic carbocycles. The second-order valence-electron chi connectivity index (χ2n) is 7.09. The first-order valence-corrected chi connectivity index (χ1v) is 10.5. The molecule has 1 atom stereocenters. The molecule has 7 nitrogen and oxygen atoms in total. The van der Waals surface area contributed by atoms with Crippen molar-refractivity contribution in [2.24, 2.45) is 5.73 Å². The first-order chi connectivity index (χ1) is 12.9. The van der Waals surface area contributed by atoms with Crippen LogP contribution in [0.4, 0.5) is 0 Å². The number of hydrogen-bond donors (Lipinski definition) is 4. The fraction of sp³-hybridized carbons (Fsp3) is 0.850. The molecule has 5 N–H and O–H groups in total. The quantitative estimate of drug-likeness (QED) is 0.174. The summed E-state index contributed by atoms with van der Waals surface area (Å²) in [6, 6.07) is -0.810. The lowest BCUT2D eigenvalue weighted by molar-refractivity contribution is -0.150. The van der Waals surface area contributed by atoms with Gasteiger partial charge >= 0.3 is 5.97 Å². The minimum Gasteiger partial charge on any atom is -0.480 e. The van der Waals surface area contributed by atoms with E-state index in [1.54, 1.807) is 0 Å². The van der Waals surface area contributed by atoms with Crippen LogP contribution in [0.1, 0.15) is 90.9 Å². The number of carboxylic acid groups (broad SMARTS) is 1. The number of amides is 1. The molecule has 27 heavy (non-hydrogen) atoms. The van der Waals surface area contributed by atoms with Crippen molar-refractivity contribution in [3.8, 4) is 0 Å². The van der Waals surface area contributed by atoms with Crippen molar-refractivity contribution in [1.82, 2.24) is 10.2 Å². The number of nitrogens with two attached hydrogens (primary N) is 1. The Balaban J connectivity index is 4.12. The number of nitrogens with one attached hydrogen (secondary N) is 2. The van der Waals surface area contributed by atoms with Gasteiger partial charge in [-0.1, -0.05) is 58.3 Å². The number of unbranched alkanes of at least 4 members (excludes halogenated alkanes) is 8. The third kappa shape index (κ3) is 13.1. The van der Waals surface area contributed by atoms with Crippen molar-refractivity contribution in [2.45, 2.75) is 96.9 Å². The number of hydrogen-bond acceptors (Lipinski definition) is 3. The Bertz CT molecular complexity index is 429. The van der Waals surface area contributed by atoms with Crippen LogP contribution in [-0.4, -0.2) is 47.0 Å². The summed E-state index contributed by atoms with van der Waals surface area (Å²) in [5.41, 5.74) is 5.21. The van der Waals surface area contributed by atoms with Gasteiger partial charge in [0, 0.05) is 19.5 Å². The predicted octanol–water partition coefficient (Wildman–Crippen LogP) is 3.47. The van der Waals surface area contributed by atoms with Gasteiger partial charge in [-0.05, 0) is 26.2 Å². The van der Waals surface area contributed by atoms with Crippen LogP contribution >= 0.6 is 0 Å². The molecule has 1 unspecified atom stereocenters. The van der Waals surface area contributed by atoms with Crippen molar-refractivity contribution in [2.75, 3.05) is 13.1 Å². The van der Waals surface area contributed by atoms with E-state index in [2.05, 4.69) is 12.2 Å². The van der Waals surface area contributed by atoms with Gasteiger partial charge in [0.1, 0.15) is 6.04 Å². The minimum absolute atomic E-state index is 0.0765. The number of rotatable bonds is 17. The van der Waals surface area contributed by atoms with Crippen molar-refractivity contribution >= 4 is 17.8 Å². The predicted molar refractivity (Wildman–Crippen MR) is 110 cm³/mol. The number of aliphatic carboxylic acids is 1. The monoisotopic (exact) mass is 384 g/mol. The lowest BCUT2D eigenvalue weighted by atomic mass is 10.1. The Morgan fingerprint density at radius 3 is 2.04 bits per heavy atom. The third-order valence-electron chi connectivity index (χ3n) is 4.79. The van der Waals surface area contributed by atoms with Crippen molar-refractivity contribution < 1.29 is 14.7 Å². The number of likely N-dealkylation sites (N-methyl/N-ethyl adjacent to an activating group) is 1. The number of carbonyl (C=O) groups excluding carboxylic acids is 1. The molecule has 0 heterocycles. The van der Waals surface area contributed by atoms with Gasteiger partial charge in [0.25, 0.3) is 0 Å². The third-order valence-corrected chi connectivity index (χ3v) is 4.79. The highest BCUT2D eigenvalue weighted by molar-refractivity contribution is 5.83. The highest BCUT2D eigenvalue weighted by Crippen LogP contribution is 2.14. The molecule has 0 rings (SSSR count). The fourth-order valence-electron chi connectivity index (χ4n) is 3.23. The molecular weight excluding hydrogens is 344 g/mol. The molecule has 1 amide bonds.